The highest BCUT2D eigenvalue weighted by Gasteiger charge is 2.59. The van der Waals surface area contributed by atoms with Gasteiger partial charge in [0.1, 0.15) is 5.76 Å². The van der Waals surface area contributed by atoms with E-state index < -0.39 is 5.97 Å². The van der Waals surface area contributed by atoms with Crippen LogP contribution in [0.4, 0.5) is 0 Å². The topological polar surface area (TPSA) is 83.6 Å². The van der Waals surface area contributed by atoms with E-state index in [1.165, 1.54) is 6.39 Å². The summed E-state index contributed by atoms with van der Waals surface area (Å²) in [6.45, 7) is 2.93. The lowest BCUT2D eigenvalue weighted by molar-refractivity contribution is -0.139. The zero-order valence-corrected chi connectivity index (χ0v) is 10.8. The molecule has 1 aliphatic carbocycles. The van der Waals surface area contributed by atoms with Crippen LogP contribution in [0.3, 0.4) is 0 Å². The maximum atomic E-state index is 12.2. The van der Waals surface area contributed by atoms with Crippen LogP contribution >= 0.6 is 0 Å². The summed E-state index contributed by atoms with van der Waals surface area (Å²) >= 11 is 0. The van der Waals surface area contributed by atoms with Gasteiger partial charge in [-0.25, -0.2) is 4.98 Å². The molecule has 1 saturated carbocycles. The molecule has 6 heteroatoms. The first-order valence-electron chi connectivity index (χ1n) is 6.46. The molecular weight excluding hydrogens is 248 g/mol. The molecule has 0 bridgehead atoms. The van der Waals surface area contributed by atoms with Crippen molar-refractivity contribution in [2.45, 2.75) is 26.2 Å². The van der Waals surface area contributed by atoms with E-state index in [4.69, 9.17) is 9.52 Å². The molecule has 1 atom stereocenters. The van der Waals surface area contributed by atoms with E-state index in [2.05, 4.69) is 4.98 Å². The van der Waals surface area contributed by atoms with Gasteiger partial charge in [0.25, 0.3) is 5.91 Å². The molecule has 1 N–H and O–H groups in total. The van der Waals surface area contributed by atoms with E-state index >= 15 is 0 Å². The van der Waals surface area contributed by atoms with Crippen molar-refractivity contribution in [3.05, 3.63) is 17.8 Å². The quantitative estimate of drug-likeness (QED) is 0.870. The van der Waals surface area contributed by atoms with Crippen LogP contribution in [0.2, 0.25) is 0 Å². The monoisotopic (exact) mass is 264 g/mol. The summed E-state index contributed by atoms with van der Waals surface area (Å²) in [4.78, 5) is 28.9. The summed E-state index contributed by atoms with van der Waals surface area (Å²) in [6.07, 6.45) is 3.57. The van der Waals surface area contributed by atoms with E-state index in [9.17, 15) is 9.59 Å². The van der Waals surface area contributed by atoms with Gasteiger partial charge in [-0.2, -0.15) is 0 Å². The smallest absolute Gasteiger partial charge is 0.307 e. The Kier molecular flexibility index (Phi) is 2.62. The van der Waals surface area contributed by atoms with Crippen molar-refractivity contribution in [1.82, 2.24) is 9.88 Å². The van der Waals surface area contributed by atoms with Crippen LogP contribution in [0.15, 0.2) is 10.8 Å². The highest BCUT2D eigenvalue weighted by atomic mass is 16.4. The average Bonchev–Trinajstić information content (AvgIpc) is 2.92. The molecule has 1 aliphatic heterocycles. The van der Waals surface area contributed by atoms with Crippen molar-refractivity contribution in [1.29, 1.82) is 0 Å². The molecule has 102 valence electrons. The van der Waals surface area contributed by atoms with Gasteiger partial charge in [0.2, 0.25) is 0 Å². The molecule has 3 rings (SSSR count). The van der Waals surface area contributed by atoms with Crippen LogP contribution in [-0.2, 0) is 4.79 Å². The van der Waals surface area contributed by atoms with Crippen molar-refractivity contribution in [3.63, 3.8) is 0 Å². The van der Waals surface area contributed by atoms with Gasteiger partial charge in [-0.05, 0) is 31.6 Å². The Morgan fingerprint density at radius 2 is 2.16 bits per heavy atom. The molecule has 2 heterocycles. The van der Waals surface area contributed by atoms with Gasteiger partial charge in [-0.15, -0.1) is 0 Å². The first-order chi connectivity index (χ1) is 9.03. The minimum absolute atomic E-state index is 0.0541. The van der Waals surface area contributed by atoms with Crippen LogP contribution in [0, 0.1) is 18.3 Å². The molecule has 1 aromatic heterocycles. The number of aliphatic carboxylic acids is 1. The van der Waals surface area contributed by atoms with E-state index in [0.29, 0.717) is 24.5 Å². The van der Waals surface area contributed by atoms with Crippen molar-refractivity contribution in [2.24, 2.45) is 11.3 Å². The minimum Gasteiger partial charge on any atom is -0.481 e. The van der Waals surface area contributed by atoms with E-state index in [1.54, 1.807) is 11.8 Å². The normalized spacial score (nSPS) is 24.5. The molecule has 2 fully saturated rings. The zero-order valence-electron chi connectivity index (χ0n) is 10.8. The van der Waals surface area contributed by atoms with Gasteiger partial charge in [-0.3, -0.25) is 9.59 Å². The minimum atomic E-state index is -0.702. The number of carbonyl (C=O) groups is 2. The summed E-state index contributed by atoms with van der Waals surface area (Å²) in [7, 11) is 0. The molecule has 1 saturated heterocycles. The third-order valence-corrected chi connectivity index (χ3v) is 4.48. The number of hydrogen-bond acceptors (Lipinski definition) is 4. The fourth-order valence-electron chi connectivity index (χ4n) is 3.06. The molecule has 2 aliphatic rings. The summed E-state index contributed by atoms with van der Waals surface area (Å²) in [5.74, 6) is -0.501. The fourth-order valence-corrected chi connectivity index (χ4v) is 3.06. The lowest BCUT2D eigenvalue weighted by atomic mass is 9.90. The first-order valence-corrected chi connectivity index (χ1v) is 6.46. The van der Waals surface area contributed by atoms with Crippen LogP contribution < -0.4 is 0 Å². The maximum absolute atomic E-state index is 12.2. The van der Waals surface area contributed by atoms with E-state index in [-0.39, 0.29) is 17.2 Å². The second-order valence-electron chi connectivity index (χ2n) is 5.51. The number of carbonyl (C=O) groups excluding carboxylic acids is 1. The number of piperidine rings is 1. The number of aryl methyl sites for hydroxylation is 1. The molecule has 1 amide bonds. The van der Waals surface area contributed by atoms with Gasteiger partial charge < -0.3 is 14.4 Å². The van der Waals surface area contributed by atoms with E-state index in [1.807, 2.05) is 0 Å². The fraction of sp³-hybridized carbons (Fsp3) is 0.615. The van der Waals surface area contributed by atoms with E-state index in [0.717, 1.165) is 19.3 Å². The molecule has 1 unspecified atom stereocenters. The lowest BCUT2D eigenvalue weighted by Gasteiger charge is -2.32. The van der Waals surface area contributed by atoms with Crippen molar-refractivity contribution in [3.8, 4) is 0 Å². The van der Waals surface area contributed by atoms with Gasteiger partial charge >= 0.3 is 5.97 Å². The Hall–Kier alpha value is -1.85. The highest BCUT2D eigenvalue weighted by molar-refractivity contribution is 5.93. The first kappa shape index (κ1) is 12.2. The summed E-state index contributed by atoms with van der Waals surface area (Å²) < 4.78 is 5.04. The number of oxazole rings is 1. The number of nitrogens with zero attached hydrogens (tertiary/aromatic N) is 2. The molecule has 1 aromatic rings. The number of carboxylic acid groups (broad SMARTS) is 1. The predicted octanol–water partition coefficient (Wildman–Crippen LogP) is 1.31. The number of carboxylic acids is 1. The largest absolute Gasteiger partial charge is 0.481 e. The molecular formula is C13H16N2O4. The molecule has 1 spiro atoms. The molecule has 6 nitrogen and oxygen atoms in total. The average molecular weight is 264 g/mol. The standard InChI is InChI=1S/C13H16N2O4/c1-8-10(14-7-19-8)11(16)15-4-2-13(3-5-15)6-9(13)12(17)18/h7,9H,2-6H2,1H3,(H,17,18). The molecule has 0 aromatic carbocycles. The van der Waals surface area contributed by atoms with Gasteiger partial charge in [0.15, 0.2) is 12.1 Å². The van der Waals surface area contributed by atoms with Crippen LogP contribution in [-0.4, -0.2) is 40.0 Å². The third-order valence-electron chi connectivity index (χ3n) is 4.48. The number of rotatable bonds is 2. The van der Waals surface area contributed by atoms with Crippen molar-refractivity contribution >= 4 is 11.9 Å². The third kappa shape index (κ3) is 1.91. The van der Waals surface area contributed by atoms with Crippen molar-refractivity contribution < 1.29 is 19.1 Å². The number of hydrogen-bond donors (Lipinski definition) is 1. The maximum Gasteiger partial charge on any atom is 0.307 e. The lowest BCUT2D eigenvalue weighted by Crippen LogP contribution is -2.40. The summed E-state index contributed by atoms with van der Waals surface area (Å²) in [5, 5.41) is 9.03. The Bertz CT molecular complexity index is 529. The number of aromatic nitrogens is 1. The van der Waals surface area contributed by atoms with Gasteiger partial charge in [0.05, 0.1) is 5.92 Å². The summed E-state index contributed by atoms with van der Waals surface area (Å²) in [5.41, 5.74) is 0.308. The second-order valence-corrected chi connectivity index (χ2v) is 5.51. The number of amides is 1. The van der Waals surface area contributed by atoms with Crippen LogP contribution in [0.1, 0.15) is 35.5 Å². The highest BCUT2D eigenvalue weighted by Crippen LogP contribution is 2.59. The number of likely N-dealkylation sites (tertiary alicyclic amines) is 1. The molecule has 19 heavy (non-hydrogen) atoms. The summed E-state index contributed by atoms with van der Waals surface area (Å²) in [6, 6.07) is 0. The van der Waals surface area contributed by atoms with Crippen LogP contribution in [0.5, 0.6) is 0 Å². The Morgan fingerprint density at radius 1 is 1.47 bits per heavy atom. The second kappa shape index (κ2) is 4.08. The Morgan fingerprint density at radius 3 is 2.63 bits per heavy atom. The SMILES string of the molecule is Cc1ocnc1C(=O)N1CCC2(CC1)CC2C(=O)O. The zero-order chi connectivity index (χ0) is 13.6. The van der Waals surface area contributed by atoms with Gasteiger partial charge in [-0.1, -0.05) is 0 Å². The Labute approximate surface area is 110 Å². The predicted molar refractivity (Wildman–Crippen MR) is 64.6 cm³/mol. The van der Waals surface area contributed by atoms with Crippen molar-refractivity contribution in [2.75, 3.05) is 13.1 Å². The Balaban J connectivity index is 1.64. The van der Waals surface area contributed by atoms with Crippen LogP contribution in [0.25, 0.3) is 0 Å². The molecule has 0 radical (unpaired) electrons. The van der Waals surface area contributed by atoms with Gasteiger partial charge in [0, 0.05) is 13.1 Å².